The highest BCUT2D eigenvalue weighted by atomic mass is 35.5. The molecule has 0 radical (unpaired) electrons. The Morgan fingerprint density at radius 3 is 2.60 bits per heavy atom. The van der Waals surface area contributed by atoms with Crippen LogP contribution < -0.4 is 0 Å². The van der Waals surface area contributed by atoms with Gasteiger partial charge in [-0.3, -0.25) is 4.79 Å². The van der Waals surface area contributed by atoms with Gasteiger partial charge in [0, 0.05) is 28.7 Å². The van der Waals surface area contributed by atoms with Crippen LogP contribution in [-0.4, -0.2) is 10.9 Å². The number of nitrogens with zero attached hydrogens (tertiary/aromatic N) is 1. The van der Waals surface area contributed by atoms with Gasteiger partial charge in [-0.05, 0) is 31.5 Å². The largest absolute Gasteiger partial charge is 0.347 e. The highest BCUT2D eigenvalue weighted by Gasteiger charge is 2.13. The number of carbonyl (C=O) groups is 1. The smallest absolute Gasteiger partial charge is 0.152 e. The summed E-state index contributed by atoms with van der Waals surface area (Å²) in [6.45, 7) is 3.94. The van der Waals surface area contributed by atoms with Gasteiger partial charge in [0.1, 0.15) is 0 Å². The van der Waals surface area contributed by atoms with Crippen LogP contribution in [0.1, 0.15) is 21.6 Å². The second-order valence-electron chi connectivity index (χ2n) is 3.79. The summed E-state index contributed by atoms with van der Waals surface area (Å²) < 4.78 is 2.03. The number of halogens is 1. The van der Waals surface area contributed by atoms with E-state index in [9.17, 15) is 4.79 Å². The van der Waals surface area contributed by atoms with Crippen molar-refractivity contribution in [2.45, 2.75) is 13.8 Å². The Balaban J connectivity index is 3.03. The first kappa shape index (κ1) is 10.2. The number of aryl methyl sites for hydroxylation is 2. The summed E-state index contributed by atoms with van der Waals surface area (Å²) >= 11 is 5.99. The summed E-state index contributed by atoms with van der Waals surface area (Å²) in [5.74, 6) is 0. The van der Waals surface area contributed by atoms with Crippen LogP contribution in [0.15, 0.2) is 12.1 Å². The molecule has 78 valence electrons. The van der Waals surface area contributed by atoms with Crippen molar-refractivity contribution >= 4 is 28.8 Å². The molecule has 0 saturated heterocycles. The molecule has 1 aromatic heterocycles. The first-order chi connectivity index (χ1) is 7.06. The van der Waals surface area contributed by atoms with Crippen LogP contribution in [0.3, 0.4) is 0 Å². The van der Waals surface area contributed by atoms with E-state index in [2.05, 4.69) is 0 Å². The Labute approximate surface area is 93.5 Å². The molecule has 1 aromatic carbocycles. The van der Waals surface area contributed by atoms with Gasteiger partial charge in [0.05, 0.1) is 5.52 Å². The third-order valence-corrected chi connectivity index (χ3v) is 3.12. The predicted molar refractivity (Wildman–Crippen MR) is 62.8 cm³/mol. The van der Waals surface area contributed by atoms with Crippen LogP contribution in [0.4, 0.5) is 0 Å². The van der Waals surface area contributed by atoms with Gasteiger partial charge >= 0.3 is 0 Å². The van der Waals surface area contributed by atoms with Gasteiger partial charge in [0.15, 0.2) is 6.29 Å². The molecule has 2 rings (SSSR count). The molecule has 0 saturated carbocycles. The van der Waals surface area contributed by atoms with E-state index in [1.165, 1.54) is 0 Å². The molecule has 0 unspecified atom stereocenters. The number of aldehydes is 1. The highest BCUT2D eigenvalue weighted by molar-refractivity contribution is 6.31. The van der Waals surface area contributed by atoms with Crippen molar-refractivity contribution in [3.63, 3.8) is 0 Å². The predicted octanol–water partition coefficient (Wildman–Crippen LogP) is 3.26. The lowest BCUT2D eigenvalue weighted by Gasteiger charge is -2.02. The van der Waals surface area contributed by atoms with Crippen LogP contribution in [-0.2, 0) is 7.05 Å². The topological polar surface area (TPSA) is 22.0 Å². The first-order valence-electron chi connectivity index (χ1n) is 4.76. The number of aromatic nitrogens is 1. The summed E-state index contributed by atoms with van der Waals surface area (Å²) in [6.07, 6.45) is 0.896. The molecular formula is C12H12ClNO. The van der Waals surface area contributed by atoms with Crippen molar-refractivity contribution in [1.82, 2.24) is 4.57 Å². The van der Waals surface area contributed by atoms with Crippen molar-refractivity contribution in [2.24, 2.45) is 7.05 Å². The zero-order chi connectivity index (χ0) is 11.2. The summed E-state index contributed by atoms with van der Waals surface area (Å²) in [6, 6.07) is 3.76. The molecule has 0 bridgehead atoms. The van der Waals surface area contributed by atoms with Crippen LogP contribution in [0, 0.1) is 13.8 Å². The molecule has 0 aliphatic rings. The van der Waals surface area contributed by atoms with Crippen LogP contribution in [0.25, 0.3) is 10.9 Å². The summed E-state index contributed by atoms with van der Waals surface area (Å²) in [5, 5.41) is 1.61. The molecule has 2 aromatic rings. The average molecular weight is 222 g/mol. The van der Waals surface area contributed by atoms with Gasteiger partial charge in [-0.25, -0.2) is 0 Å². The molecule has 2 nitrogen and oxygen atoms in total. The molecule has 0 amide bonds. The molecule has 15 heavy (non-hydrogen) atoms. The second kappa shape index (κ2) is 3.38. The van der Waals surface area contributed by atoms with Gasteiger partial charge in [-0.1, -0.05) is 11.6 Å². The maximum atomic E-state index is 11.0. The number of rotatable bonds is 1. The van der Waals surface area contributed by atoms with Crippen molar-refractivity contribution in [3.8, 4) is 0 Å². The van der Waals surface area contributed by atoms with E-state index >= 15 is 0 Å². The summed E-state index contributed by atoms with van der Waals surface area (Å²) in [5.41, 5.74) is 3.89. The molecule has 0 fully saturated rings. The summed E-state index contributed by atoms with van der Waals surface area (Å²) in [7, 11) is 1.96. The standard InChI is InChI=1S/C12H12ClNO/c1-7-4-9(13)5-10-11(6-15)8(2)14(3)12(7)10/h4-6H,1-3H3. The minimum absolute atomic E-state index is 0.675. The minimum atomic E-state index is 0.675. The molecule has 0 aliphatic heterocycles. The Hall–Kier alpha value is -1.28. The maximum absolute atomic E-state index is 11.0. The zero-order valence-corrected chi connectivity index (χ0v) is 9.72. The van der Waals surface area contributed by atoms with E-state index in [0.29, 0.717) is 5.02 Å². The molecule has 1 heterocycles. The normalized spacial score (nSPS) is 10.9. The SMILES string of the molecule is Cc1cc(Cl)cc2c(C=O)c(C)n(C)c12. The number of hydrogen-bond donors (Lipinski definition) is 0. The quantitative estimate of drug-likeness (QED) is 0.678. The maximum Gasteiger partial charge on any atom is 0.152 e. The van der Waals surface area contributed by atoms with E-state index in [0.717, 1.165) is 34.0 Å². The molecule has 0 aliphatic carbocycles. The number of carbonyl (C=O) groups excluding carboxylic acids is 1. The van der Waals surface area contributed by atoms with Crippen LogP contribution in [0.2, 0.25) is 5.02 Å². The third kappa shape index (κ3) is 1.37. The van der Waals surface area contributed by atoms with Gasteiger partial charge in [-0.2, -0.15) is 0 Å². The molecule has 0 atom stereocenters. The van der Waals surface area contributed by atoms with E-state index in [4.69, 9.17) is 11.6 Å². The van der Waals surface area contributed by atoms with Gasteiger partial charge in [0.2, 0.25) is 0 Å². The van der Waals surface area contributed by atoms with E-state index in [1.807, 2.05) is 37.6 Å². The minimum Gasteiger partial charge on any atom is -0.347 e. The molecular weight excluding hydrogens is 210 g/mol. The fourth-order valence-electron chi connectivity index (χ4n) is 2.08. The van der Waals surface area contributed by atoms with E-state index in [-0.39, 0.29) is 0 Å². The monoisotopic (exact) mass is 221 g/mol. The van der Waals surface area contributed by atoms with Crippen molar-refractivity contribution < 1.29 is 4.79 Å². The Morgan fingerprint density at radius 2 is 2.00 bits per heavy atom. The molecule has 0 N–H and O–H groups in total. The average Bonchev–Trinajstić information content (AvgIpc) is 2.39. The molecule has 0 spiro atoms. The lowest BCUT2D eigenvalue weighted by molar-refractivity contribution is 0.112. The van der Waals surface area contributed by atoms with Crippen molar-refractivity contribution in [2.75, 3.05) is 0 Å². The number of hydrogen-bond acceptors (Lipinski definition) is 1. The fraction of sp³-hybridized carbons (Fsp3) is 0.250. The van der Waals surface area contributed by atoms with E-state index < -0.39 is 0 Å². The number of benzene rings is 1. The Morgan fingerprint density at radius 1 is 1.33 bits per heavy atom. The lowest BCUT2D eigenvalue weighted by atomic mass is 10.1. The van der Waals surface area contributed by atoms with Gasteiger partial charge in [-0.15, -0.1) is 0 Å². The number of fused-ring (bicyclic) bond motifs is 1. The third-order valence-electron chi connectivity index (χ3n) is 2.90. The van der Waals surface area contributed by atoms with Gasteiger partial charge in [0.25, 0.3) is 0 Å². The summed E-state index contributed by atoms with van der Waals surface area (Å²) in [4.78, 5) is 11.0. The first-order valence-corrected chi connectivity index (χ1v) is 5.14. The molecule has 3 heteroatoms. The lowest BCUT2D eigenvalue weighted by Crippen LogP contribution is -1.92. The zero-order valence-electron chi connectivity index (χ0n) is 8.97. The Bertz CT molecular complexity index is 554. The Kier molecular flexibility index (Phi) is 2.31. The second-order valence-corrected chi connectivity index (χ2v) is 4.23. The van der Waals surface area contributed by atoms with Crippen LogP contribution in [0.5, 0.6) is 0 Å². The van der Waals surface area contributed by atoms with Crippen molar-refractivity contribution in [3.05, 3.63) is 34.0 Å². The highest BCUT2D eigenvalue weighted by Crippen LogP contribution is 2.29. The van der Waals surface area contributed by atoms with Crippen LogP contribution >= 0.6 is 11.6 Å². The van der Waals surface area contributed by atoms with Gasteiger partial charge < -0.3 is 4.57 Å². The fourth-order valence-corrected chi connectivity index (χ4v) is 2.35. The van der Waals surface area contributed by atoms with Crippen molar-refractivity contribution in [1.29, 1.82) is 0 Å². The van der Waals surface area contributed by atoms with E-state index in [1.54, 1.807) is 0 Å².